The molecule has 0 aliphatic heterocycles. The Hall–Kier alpha value is -1.58. The summed E-state index contributed by atoms with van der Waals surface area (Å²) in [4.78, 5) is 10.9. The van der Waals surface area contributed by atoms with Crippen LogP contribution in [0.3, 0.4) is 0 Å². The summed E-state index contributed by atoms with van der Waals surface area (Å²) < 4.78 is 18.1. The quantitative estimate of drug-likeness (QED) is 0.835. The van der Waals surface area contributed by atoms with Gasteiger partial charge in [-0.05, 0) is 31.5 Å². The Bertz CT molecular complexity index is 385. The molecule has 0 spiro atoms. The zero-order valence-corrected chi connectivity index (χ0v) is 8.87. The summed E-state index contributed by atoms with van der Waals surface area (Å²) in [5.74, 6) is -1.43. The average molecular weight is 212 g/mol. The van der Waals surface area contributed by atoms with E-state index in [9.17, 15) is 9.18 Å². The van der Waals surface area contributed by atoms with Crippen molar-refractivity contribution in [3.8, 4) is 5.75 Å². The van der Waals surface area contributed by atoms with Gasteiger partial charge in [0, 0.05) is 0 Å². The highest BCUT2D eigenvalue weighted by atomic mass is 19.1. The van der Waals surface area contributed by atoms with Crippen LogP contribution in [0.25, 0.3) is 0 Å². The van der Waals surface area contributed by atoms with Crippen molar-refractivity contribution in [2.24, 2.45) is 0 Å². The molecule has 0 heterocycles. The molecule has 82 valence electrons. The van der Waals surface area contributed by atoms with E-state index in [1.807, 2.05) is 0 Å². The summed E-state index contributed by atoms with van der Waals surface area (Å²) in [5.41, 5.74) is -0.694. The molecule has 15 heavy (non-hydrogen) atoms. The fourth-order valence-corrected chi connectivity index (χ4v) is 1.18. The highest BCUT2D eigenvalue weighted by Gasteiger charge is 2.30. The van der Waals surface area contributed by atoms with Gasteiger partial charge in [0.05, 0.1) is 12.5 Å². The molecule has 1 N–H and O–H groups in total. The smallest absolute Gasteiger partial charge is 0.313 e. The van der Waals surface area contributed by atoms with Crippen LogP contribution in [0, 0.1) is 5.82 Å². The number of hydrogen-bond acceptors (Lipinski definition) is 2. The molecule has 1 rings (SSSR count). The molecule has 0 aromatic heterocycles. The minimum atomic E-state index is -1.10. The van der Waals surface area contributed by atoms with E-state index in [4.69, 9.17) is 9.84 Å². The van der Waals surface area contributed by atoms with Crippen molar-refractivity contribution in [3.63, 3.8) is 0 Å². The highest BCUT2D eigenvalue weighted by Crippen LogP contribution is 2.27. The van der Waals surface area contributed by atoms with Crippen molar-refractivity contribution in [2.75, 3.05) is 7.11 Å². The van der Waals surface area contributed by atoms with Crippen molar-refractivity contribution < 1.29 is 19.0 Å². The topological polar surface area (TPSA) is 46.5 Å². The molecule has 0 atom stereocenters. The fourth-order valence-electron chi connectivity index (χ4n) is 1.18. The van der Waals surface area contributed by atoms with Gasteiger partial charge in [-0.1, -0.05) is 6.07 Å². The fraction of sp³-hybridized carbons (Fsp3) is 0.364. The third-order valence-electron chi connectivity index (χ3n) is 2.41. The monoisotopic (exact) mass is 212 g/mol. The number of carbonyl (C=O) groups is 1. The van der Waals surface area contributed by atoms with E-state index >= 15 is 0 Å². The second-order valence-electron chi connectivity index (χ2n) is 3.78. The molecule has 4 heteroatoms. The average Bonchev–Trinajstić information content (AvgIpc) is 2.17. The molecule has 0 saturated heterocycles. The number of hydrogen-bond donors (Lipinski definition) is 1. The number of carboxylic acid groups (broad SMARTS) is 1. The van der Waals surface area contributed by atoms with Gasteiger partial charge in [0.25, 0.3) is 0 Å². The van der Waals surface area contributed by atoms with Gasteiger partial charge in [-0.25, -0.2) is 4.39 Å². The highest BCUT2D eigenvalue weighted by molar-refractivity contribution is 5.80. The zero-order valence-electron chi connectivity index (χ0n) is 8.87. The number of aliphatic carboxylic acids is 1. The molecule has 1 aromatic rings. The summed E-state index contributed by atoms with van der Waals surface area (Å²) in [6.07, 6.45) is 0. The van der Waals surface area contributed by atoms with E-state index in [0.29, 0.717) is 5.56 Å². The van der Waals surface area contributed by atoms with Gasteiger partial charge in [0.1, 0.15) is 0 Å². The van der Waals surface area contributed by atoms with Crippen molar-refractivity contribution >= 4 is 5.97 Å². The van der Waals surface area contributed by atoms with E-state index in [0.717, 1.165) is 0 Å². The van der Waals surface area contributed by atoms with Crippen LogP contribution in [0.5, 0.6) is 5.75 Å². The lowest BCUT2D eigenvalue weighted by Gasteiger charge is -2.19. The lowest BCUT2D eigenvalue weighted by Crippen LogP contribution is -2.28. The molecular formula is C11H13FO3. The second kappa shape index (κ2) is 3.88. The molecule has 0 unspecified atom stereocenters. The van der Waals surface area contributed by atoms with Crippen LogP contribution < -0.4 is 4.74 Å². The molecule has 0 fully saturated rings. The number of ether oxygens (including phenoxy) is 1. The first-order valence-corrected chi connectivity index (χ1v) is 4.47. The van der Waals surface area contributed by atoms with Gasteiger partial charge in [0.2, 0.25) is 0 Å². The number of rotatable bonds is 3. The van der Waals surface area contributed by atoms with Gasteiger partial charge in [0.15, 0.2) is 11.6 Å². The van der Waals surface area contributed by atoms with Crippen LogP contribution in [0.15, 0.2) is 18.2 Å². The first-order chi connectivity index (χ1) is 6.89. The predicted octanol–water partition coefficient (Wildman–Crippen LogP) is 2.20. The normalized spacial score (nSPS) is 11.2. The molecule has 1 aromatic carbocycles. The molecule has 0 aliphatic carbocycles. The van der Waals surface area contributed by atoms with E-state index in [-0.39, 0.29) is 5.75 Å². The number of carboxylic acids is 1. The maximum Gasteiger partial charge on any atom is 0.313 e. The van der Waals surface area contributed by atoms with Crippen LogP contribution in [0.2, 0.25) is 0 Å². The summed E-state index contributed by atoms with van der Waals surface area (Å²) in [7, 11) is 1.36. The summed E-state index contributed by atoms with van der Waals surface area (Å²) in [5, 5.41) is 8.96. The Morgan fingerprint density at radius 1 is 1.47 bits per heavy atom. The third kappa shape index (κ3) is 2.09. The molecule has 0 radical (unpaired) electrons. The van der Waals surface area contributed by atoms with Gasteiger partial charge >= 0.3 is 5.97 Å². The van der Waals surface area contributed by atoms with Crippen molar-refractivity contribution in [3.05, 3.63) is 29.6 Å². The predicted molar refractivity (Wildman–Crippen MR) is 53.6 cm³/mol. The van der Waals surface area contributed by atoms with Crippen LogP contribution >= 0.6 is 0 Å². The summed E-state index contributed by atoms with van der Waals surface area (Å²) in [6.45, 7) is 3.05. The van der Waals surface area contributed by atoms with Crippen molar-refractivity contribution in [2.45, 2.75) is 19.3 Å². The van der Waals surface area contributed by atoms with Gasteiger partial charge in [-0.3, -0.25) is 4.79 Å². The largest absolute Gasteiger partial charge is 0.494 e. The molecular weight excluding hydrogens is 199 g/mol. The second-order valence-corrected chi connectivity index (χ2v) is 3.78. The Morgan fingerprint density at radius 2 is 2.07 bits per heavy atom. The Morgan fingerprint density at radius 3 is 2.47 bits per heavy atom. The SMILES string of the molecule is COc1ccc(C(C)(C)C(=O)O)cc1F. The van der Waals surface area contributed by atoms with Gasteiger partial charge in [-0.15, -0.1) is 0 Å². The van der Waals surface area contributed by atoms with E-state index < -0.39 is 17.2 Å². The molecule has 0 amide bonds. The number of methoxy groups -OCH3 is 1. The van der Waals surface area contributed by atoms with Crippen LogP contribution in [0.1, 0.15) is 19.4 Å². The number of benzene rings is 1. The molecule has 0 bridgehead atoms. The Kier molecular flexibility index (Phi) is 2.98. The maximum absolute atomic E-state index is 13.3. The third-order valence-corrected chi connectivity index (χ3v) is 2.41. The van der Waals surface area contributed by atoms with Gasteiger partial charge in [-0.2, -0.15) is 0 Å². The number of halogens is 1. The minimum absolute atomic E-state index is 0.111. The van der Waals surface area contributed by atoms with Crippen LogP contribution in [0.4, 0.5) is 4.39 Å². The van der Waals surface area contributed by atoms with Crippen LogP contribution in [-0.2, 0) is 10.2 Å². The lowest BCUT2D eigenvalue weighted by molar-refractivity contribution is -0.142. The molecule has 0 saturated carbocycles. The standard InChI is InChI=1S/C11H13FO3/c1-11(2,10(13)14)7-4-5-9(15-3)8(12)6-7/h4-6H,1-3H3,(H,13,14). The zero-order chi connectivity index (χ0) is 11.6. The van der Waals surface area contributed by atoms with Crippen molar-refractivity contribution in [1.82, 2.24) is 0 Å². The Balaban J connectivity index is 3.18. The van der Waals surface area contributed by atoms with Gasteiger partial charge < -0.3 is 9.84 Å². The van der Waals surface area contributed by atoms with E-state index in [2.05, 4.69) is 0 Å². The summed E-state index contributed by atoms with van der Waals surface area (Å²) in [6, 6.07) is 4.17. The van der Waals surface area contributed by atoms with Crippen molar-refractivity contribution in [1.29, 1.82) is 0 Å². The molecule has 0 aliphatic rings. The summed E-state index contributed by atoms with van der Waals surface area (Å²) >= 11 is 0. The molecule has 3 nitrogen and oxygen atoms in total. The first-order valence-electron chi connectivity index (χ1n) is 4.47. The Labute approximate surface area is 87.5 Å². The van der Waals surface area contributed by atoms with E-state index in [1.165, 1.54) is 33.1 Å². The maximum atomic E-state index is 13.3. The lowest BCUT2D eigenvalue weighted by atomic mass is 9.85. The first kappa shape index (κ1) is 11.5. The van der Waals surface area contributed by atoms with E-state index in [1.54, 1.807) is 6.07 Å². The van der Waals surface area contributed by atoms with Crippen LogP contribution in [-0.4, -0.2) is 18.2 Å². The minimum Gasteiger partial charge on any atom is -0.494 e.